The largest absolute Gasteiger partial charge is 0.342 e. The Morgan fingerprint density at radius 1 is 0.943 bits per heavy atom. The van der Waals surface area contributed by atoms with Gasteiger partial charge in [-0.25, -0.2) is 0 Å². The Bertz CT molecular complexity index is 959. The van der Waals surface area contributed by atoms with Crippen LogP contribution in [0.2, 0.25) is 5.02 Å². The molecule has 0 unspecified atom stereocenters. The number of benzene rings is 1. The second-order valence-corrected chi connectivity index (χ2v) is 11.3. The molecule has 3 fully saturated rings. The number of piperidine rings is 1. The highest BCUT2D eigenvalue weighted by atomic mass is 35.5. The van der Waals surface area contributed by atoms with Gasteiger partial charge in [0.1, 0.15) is 5.78 Å². The first kappa shape index (κ1) is 26.2. The summed E-state index contributed by atoms with van der Waals surface area (Å²) in [5.41, 5.74) is 3.26. The van der Waals surface area contributed by atoms with Crippen LogP contribution in [-0.4, -0.2) is 71.1 Å². The van der Waals surface area contributed by atoms with Gasteiger partial charge >= 0.3 is 0 Å². The van der Waals surface area contributed by atoms with Crippen LogP contribution in [0, 0.1) is 18.8 Å². The highest BCUT2D eigenvalue weighted by molar-refractivity contribution is 6.30. The van der Waals surface area contributed by atoms with Crippen molar-refractivity contribution in [3.63, 3.8) is 0 Å². The lowest BCUT2D eigenvalue weighted by molar-refractivity contribution is -0.140. The number of likely N-dealkylation sites (tertiary alicyclic amines) is 1. The van der Waals surface area contributed by atoms with E-state index in [0.29, 0.717) is 23.9 Å². The normalized spacial score (nSPS) is 24.1. The zero-order chi connectivity index (χ0) is 25.1. The van der Waals surface area contributed by atoms with Gasteiger partial charge in [-0.15, -0.1) is 0 Å². The second kappa shape index (κ2) is 11.4. The number of halogens is 1. The van der Waals surface area contributed by atoms with Crippen molar-refractivity contribution in [1.29, 1.82) is 0 Å². The predicted molar refractivity (Wildman–Crippen MR) is 138 cm³/mol. The number of rotatable bonds is 6. The molecule has 0 spiro atoms. The van der Waals surface area contributed by atoms with Crippen LogP contribution in [0.1, 0.15) is 69.1 Å². The lowest BCUT2D eigenvalue weighted by Gasteiger charge is -2.41. The maximum atomic E-state index is 13.1. The fourth-order valence-electron chi connectivity index (χ4n) is 6.16. The number of piperazine rings is 1. The highest BCUT2D eigenvalue weighted by Gasteiger charge is 2.33. The summed E-state index contributed by atoms with van der Waals surface area (Å²) in [6.07, 6.45) is 6.53. The van der Waals surface area contributed by atoms with E-state index < -0.39 is 0 Å². The fraction of sp³-hybridized carbons (Fsp3) is 0.679. The molecule has 2 atom stereocenters. The number of carbonyl (C=O) groups is 3. The maximum Gasteiger partial charge on any atom is 0.226 e. The Kier molecular flexibility index (Phi) is 8.54. The molecule has 0 aromatic heterocycles. The van der Waals surface area contributed by atoms with E-state index in [-0.39, 0.29) is 29.6 Å². The van der Waals surface area contributed by atoms with Crippen molar-refractivity contribution in [1.82, 2.24) is 14.7 Å². The average molecular weight is 502 g/mol. The van der Waals surface area contributed by atoms with Gasteiger partial charge in [-0.3, -0.25) is 19.3 Å². The van der Waals surface area contributed by atoms with E-state index in [9.17, 15) is 14.4 Å². The van der Waals surface area contributed by atoms with Crippen molar-refractivity contribution in [2.75, 3.05) is 32.7 Å². The van der Waals surface area contributed by atoms with Gasteiger partial charge in [-0.2, -0.15) is 0 Å². The summed E-state index contributed by atoms with van der Waals surface area (Å²) in [6, 6.07) is 4.14. The second-order valence-electron chi connectivity index (χ2n) is 10.9. The summed E-state index contributed by atoms with van der Waals surface area (Å²) in [4.78, 5) is 44.1. The molecule has 1 aromatic rings. The van der Waals surface area contributed by atoms with Gasteiger partial charge in [0.05, 0.1) is 0 Å². The summed E-state index contributed by atoms with van der Waals surface area (Å²) < 4.78 is 0. The number of ketones is 1. The predicted octanol–water partition coefficient (Wildman–Crippen LogP) is 4.24. The summed E-state index contributed by atoms with van der Waals surface area (Å²) in [7, 11) is 0. The molecule has 1 saturated carbocycles. The van der Waals surface area contributed by atoms with Crippen molar-refractivity contribution in [3.05, 3.63) is 33.8 Å². The molecule has 0 N–H and O–H groups in total. The molecule has 192 valence electrons. The van der Waals surface area contributed by atoms with E-state index in [0.717, 1.165) is 75.1 Å². The standard InChI is InChI=1S/C28H40ClN3O3/c1-19-16-30(11-12-32(19)28(35)22-7-4-5-8-22)17-25-14-26(29)13-24(20(25)2)15-27(34)23-9-6-10-31(18-23)21(3)33/h13-14,19,22-23H,4-12,15-18H2,1-3H3/t19-,23+/m0/s1. The summed E-state index contributed by atoms with van der Waals surface area (Å²) in [5, 5.41) is 0.658. The monoisotopic (exact) mass is 501 g/mol. The van der Waals surface area contributed by atoms with Gasteiger partial charge < -0.3 is 9.80 Å². The van der Waals surface area contributed by atoms with Gasteiger partial charge in [0.25, 0.3) is 0 Å². The van der Waals surface area contributed by atoms with Crippen LogP contribution in [-0.2, 0) is 27.3 Å². The molecule has 7 heteroatoms. The highest BCUT2D eigenvalue weighted by Crippen LogP contribution is 2.29. The Balaban J connectivity index is 1.38. The number of amides is 2. The van der Waals surface area contributed by atoms with Gasteiger partial charge in [-0.1, -0.05) is 24.4 Å². The lowest BCUT2D eigenvalue weighted by atomic mass is 9.88. The molecule has 1 aliphatic carbocycles. The van der Waals surface area contributed by atoms with Crippen LogP contribution in [0.25, 0.3) is 0 Å². The third-order valence-electron chi connectivity index (χ3n) is 8.37. The number of nitrogens with zero attached hydrogens (tertiary/aromatic N) is 3. The van der Waals surface area contributed by atoms with Crippen LogP contribution >= 0.6 is 11.6 Å². The Hall–Kier alpha value is -1.92. The molecule has 35 heavy (non-hydrogen) atoms. The molecule has 3 aliphatic rings. The van der Waals surface area contributed by atoms with E-state index >= 15 is 0 Å². The van der Waals surface area contributed by atoms with Crippen LogP contribution < -0.4 is 0 Å². The van der Waals surface area contributed by atoms with E-state index in [2.05, 4.69) is 23.6 Å². The van der Waals surface area contributed by atoms with Gasteiger partial charge in [0.2, 0.25) is 11.8 Å². The number of hydrogen-bond donors (Lipinski definition) is 0. The molecular formula is C28H40ClN3O3. The third kappa shape index (κ3) is 6.26. The van der Waals surface area contributed by atoms with Crippen molar-refractivity contribution in [3.8, 4) is 0 Å². The number of carbonyl (C=O) groups excluding carboxylic acids is 3. The summed E-state index contributed by atoms with van der Waals surface area (Å²) in [5.74, 6) is 0.718. The van der Waals surface area contributed by atoms with E-state index in [1.807, 2.05) is 12.1 Å². The van der Waals surface area contributed by atoms with Crippen LogP contribution in [0.4, 0.5) is 0 Å². The Morgan fingerprint density at radius 2 is 1.63 bits per heavy atom. The maximum absolute atomic E-state index is 13.1. The van der Waals surface area contributed by atoms with E-state index in [1.54, 1.807) is 11.8 Å². The Labute approximate surface area is 215 Å². The quantitative estimate of drug-likeness (QED) is 0.585. The zero-order valence-electron chi connectivity index (χ0n) is 21.5. The molecule has 2 amide bonds. The molecule has 2 aliphatic heterocycles. The van der Waals surface area contributed by atoms with Crippen LogP contribution in [0.5, 0.6) is 0 Å². The topological polar surface area (TPSA) is 60.9 Å². The van der Waals surface area contributed by atoms with Crippen molar-refractivity contribution < 1.29 is 14.4 Å². The minimum Gasteiger partial charge on any atom is -0.342 e. The molecule has 0 bridgehead atoms. The van der Waals surface area contributed by atoms with Crippen molar-refractivity contribution >= 4 is 29.2 Å². The first-order valence-electron chi connectivity index (χ1n) is 13.3. The first-order chi connectivity index (χ1) is 16.7. The minimum absolute atomic E-state index is 0.0444. The van der Waals surface area contributed by atoms with Crippen molar-refractivity contribution in [2.45, 2.75) is 78.3 Å². The third-order valence-corrected chi connectivity index (χ3v) is 8.59. The van der Waals surface area contributed by atoms with Crippen LogP contribution in [0.3, 0.4) is 0 Å². The summed E-state index contributed by atoms with van der Waals surface area (Å²) in [6.45, 7) is 10.3. The van der Waals surface area contributed by atoms with Crippen LogP contribution in [0.15, 0.2) is 12.1 Å². The number of hydrogen-bond acceptors (Lipinski definition) is 4. The SMILES string of the molecule is CC(=O)N1CCC[C@@H](C(=O)Cc2cc(Cl)cc(CN3CCN(C(=O)C4CCCC4)[C@@H](C)C3)c2C)C1. The van der Waals surface area contributed by atoms with E-state index in [1.165, 1.54) is 12.8 Å². The van der Waals surface area contributed by atoms with Crippen molar-refractivity contribution in [2.24, 2.45) is 11.8 Å². The average Bonchev–Trinajstić information content (AvgIpc) is 3.37. The Morgan fingerprint density at radius 3 is 2.31 bits per heavy atom. The first-order valence-corrected chi connectivity index (χ1v) is 13.7. The molecule has 2 saturated heterocycles. The molecule has 0 radical (unpaired) electrons. The molecule has 1 aromatic carbocycles. The number of Topliss-reactive ketones (excluding diaryl/α,β-unsaturated/α-hetero) is 1. The van der Waals surface area contributed by atoms with Gasteiger partial charge in [0.15, 0.2) is 0 Å². The zero-order valence-corrected chi connectivity index (χ0v) is 22.3. The van der Waals surface area contributed by atoms with Gasteiger partial charge in [0, 0.05) is 75.5 Å². The minimum atomic E-state index is -0.0965. The smallest absolute Gasteiger partial charge is 0.226 e. The lowest BCUT2D eigenvalue weighted by Crippen LogP contribution is -2.54. The van der Waals surface area contributed by atoms with Gasteiger partial charge in [-0.05, 0) is 68.4 Å². The fourth-order valence-corrected chi connectivity index (χ4v) is 6.42. The summed E-state index contributed by atoms with van der Waals surface area (Å²) >= 11 is 6.50. The molecule has 4 rings (SSSR count). The molecule has 2 heterocycles. The molecule has 6 nitrogen and oxygen atoms in total. The van der Waals surface area contributed by atoms with E-state index in [4.69, 9.17) is 11.6 Å². The molecular weight excluding hydrogens is 462 g/mol.